The van der Waals surface area contributed by atoms with Crippen LogP contribution in [0, 0.1) is 5.92 Å². The van der Waals surface area contributed by atoms with Gasteiger partial charge >= 0.3 is 0 Å². The van der Waals surface area contributed by atoms with Crippen molar-refractivity contribution >= 4 is 15.9 Å². The molecular weight excluding hydrogens is 276 g/mol. The van der Waals surface area contributed by atoms with Crippen LogP contribution >= 0.6 is 15.9 Å². The first-order valence-electron chi connectivity index (χ1n) is 6.23. The van der Waals surface area contributed by atoms with E-state index in [9.17, 15) is 0 Å². The van der Waals surface area contributed by atoms with E-state index < -0.39 is 0 Å². The maximum atomic E-state index is 3.46. The maximum absolute atomic E-state index is 3.46. The Hall–Kier alpha value is -0.380. The minimum absolute atomic E-state index is 0.737. The third-order valence-corrected chi connectivity index (χ3v) is 3.53. The highest BCUT2D eigenvalue weighted by Crippen LogP contribution is 2.12. The fourth-order valence-electron chi connectivity index (χ4n) is 2.03. The third kappa shape index (κ3) is 5.66. The van der Waals surface area contributed by atoms with Gasteiger partial charge in [-0.15, -0.1) is 0 Å². The SMILES string of the molecule is CCC(CNC)CN(C)Cc1ccc(Br)cc1. The fraction of sp³-hybridized carbons (Fsp3) is 0.571. The van der Waals surface area contributed by atoms with Gasteiger partial charge in [0.05, 0.1) is 0 Å². The van der Waals surface area contributed by atoms with Crippen molar-refractivity contribution in [2.24, 2.45) is 5.92 Å². The average molecular weight is 299 g/mol. The normalized spacial score (nSPS) is 13.0. The molecule has 0 fully saturated rings. The molecule has 0 aliphatic heterocycles. The molecule has 0 saturated carbocycles. The molecule has 0 aliphatic rings. The van der Waals surface area contributed by atoms with Gasteiger partial charge in [0.1, 0.15) is 0 Å². The van der Waals surface area contributed by atoms with Gasteiger partial charge < -0.3 is 10.2 Å². The smallest absolute Gasteiger partial charge is 0.0230 e. The second-order valence-corrected chi connectivity index (χ2v) is 5.57. The topological polar surface area (TPSA) is 15.3 Å². The van der Waals surface area contributed by atoms with E-state index in [4.69, 9.17) is 0 Å². The highest BCUT2D eigenvalue weighted by molar-refractivity contribution is 9.10. The van der Waals surface area contributed by atoms with Crippen molar-refractivity contribution in [1.29, 1.82) is 0 Å². The molecule has 0 radical (unpaired) electrons. The number of nitrogens with one attached hydrogen (secondary N) is 1. The van der Waals surface area contributed by atoms with Crippen LogP contribution in [0.5, 0.6) is 0 Å². The van der Waals surface area contributed by atoms with Gasteiger partial charge in [0.25, 0.3) is 0 Å². The highest BCUT2D eigenvalue weighted by atomic mass is 79.9. The Balaban J connectivity index is 2.42. The molecule has 1 unspecified atom stereocenters. The molecule has 3 heteroatoms. The van der Waals surface area contributed by atoms with E-state index in [0.29, 0.717) is 0 Å². The summed E-state index contributed by atoms with van der Waals surface area (Å²) >= 11 is 3.46. The van der Waals surface area contributed by atoms with E-state index in [0.717, 1.165) is 30.0 Å². The Morgan fingerprint density at radius 3 is 2.47 bits per heavy atom. The minimum atomic E-state index is 0.737. The zero-order valence-corrected chi connectivity index (χ0v) is 12.6. The third-order valence-electron chi connectivity index (χ3n) is 3.01. The van der Waals surface area contributed by atoms with Gasteiger partial charge in [-0.1, -0.05) is 41.4 Å². The molecule has 1 rings (SSSR count). The number of hydrogen-bond donors (Lipinski definition) is 1. The first-order chi connectivity index (χ1) is 8.15. The molecule has 1 aromatic carbocycles. The van der Waals surface area contributed by atoms with Crippen molar-refractivity contribution in [3.8, 4) is 0 Å². The van der Waals surface area contributed by atoms with Gasteiger partial charge in [-0.2, -0.15) is 0 Å². The van der Waals surface area contributed by atoms with E-state index in [2.05, 4.69) is 64.4 Å². The maximum Gasteiger partial charge on any atom is 0.0230 e. The molecular formula is C14H23BrN2. The summed E-state index contributed by atoms with van der Waals surface area (Å²) in [5.74, 6) is 0.737. The number of rotatable bonds is 7. The van der Waals surface area contributed by atoms with Crippen LogP contribution < -0.4 is 5.32 Å². The van der Waals surface area contributed by atoms with E-state index in [1.807, 2.05) is 7.05 Å². The molecule has 0 bridgehead atoms. The standard InChI is InChI=1S/C14H23BrN2/c1-4-12(9-16-2)10-17(3)11-13-5-7-14(15)8-6-13/h5-8,12,16H,4,9-11H2,1-3H3. The Labute approximate surface area is 114 Å². The first-order valence-corrected chi connectivity index (χ1v) is 7.02. The molecule has 1 N–H and O–H groups in total. The van der Waals surface area contributed by atoms with Gasteiger partial charge in [-0.3, -0.25) is 0 Å². The number of hydrogen-bond acceptors (Lipinski definition) is 2. The summed E-state index contributed by atoms with van der Waals surface area (Å²) in [6, 6.07) is 8.57. The molecule has 2 nitrogen and oxygen atoms in total. The summed E-state index contributed by atoms with van der Waals surface area (Å²) in [5.41, 5.74) is 1.37. The van der Waals surface area contributed by atoms with Crippen molar-refractivity contribution in [3.63, 3.8) is 0 Å². The lowest BCUT2D eigenvalue weighted by molar-refractivity contribution is 0.262. The molecule has 0 aromatic heterocycles. The van der Waals surface area contributed by atoms with Crippen molar-refractivity contribution < 1.29 is 0 Å². The zero-order chi connectivity index (χ0) is 12.7. The fourth-order valence-corrected chi connectivity index (χ4v) is 2.30. The summed E-state index contributed by atoms with van der Waals surface area (Å²) in [6.07, 6.45) is 1.23. The van der Waals surface area contributed by atoms with Crippen LogP contribution in [0.4, 0.5) is 0 Å². The van der Waals surface area contributed by atoms with Crippen molar-refractivity contribution in [2.75, 3.05) is 27.2 Å². The Bertz CT molecular complexity index is 311. The molecule has 1 aromatic rings. The Morgan fingerprint density at radius 2 is 1.94 bits per heavy atom. The Kier molecular flexibility index (Phi) is 6.78. The van der Waals surface area contributed by atoms with Gasteiger partial charge in [-0.05, 0) is 44.3 Å². The number of benzene rings is 1. The molecule has 0 spiro atoms. The van der Waals surface area contributed by atoms with Crippen molar-refractivity contribution in [2.45, 2.75) is 19.9 Å². The highest BCUT2D eigenvalue weighted by Gasteiger charge is 2.09. The predicted molar refractivity (Wildman–Crippen MR) is 78.2 cm³/mol. The van der Waals surface area contributed by atoms with Gasteiger partial charge in [0, 0.05) is 17.6 Å². The molecule has 0 saturated heterocycles. The molecule has 0 aliphatic carbocycles. The first kappa shape index (κ1) is 14.7. The molecule has 0 heterocycles. The lowest BCUT2D eigenvalue weighted by Gasteiger charge is -2.23. The lowest BCUT2D eigenvalue weighted by atomic mass is 10.1. The summed E-state index contributed by atoms with van der Waals surface area (Å²) in [4.78, 5) is 2.40. The van der Waals surface area contributed by atoms with Crippen molar-refractivity contribution in [3.05, 3.63) is 34.3 Å². The zero-order valence-electron chi connectivity index (χ0n) is 11.0. The van der Waals surface area contributed by atoms with Crippen LogP contribution in [-0.2, 0) is 6.54 Å². The summed E-state index contributed by atoms with van der Waals surface area (Å²) in [6.45, 7) is 5.53. The van der Waals surface area contributed by atoms with Crippen LogP contribution in [-0.4, -0.2) is 32.1 Å². The second-order valence-electron chi connectivity index (χ2n) is 4.66. The van der Waals surface area contributed by atoms with Gasteiger partial charge in [0.15, 0.2) is 0 Å². The quantitative estimate of drug-likeness (QED) is 0.832. The molecule has 0 amide bonds. The summed E-state index contributed by atoms with van der Waals surface area (Å²) < 4.78 is 1.14. The minimum Gasteiger partial charge on any atom is -0.319 e. The largest absolute Gasteiger partial charge is 0.319 e. The predicted octanol–water partition coefficient (Wildman–Crippen LogP) is 3.13. The van der Waals surface area contributed by atoms with Crippen LogP contribution in [0.3, 0.4) is 0 Å². The van der Waals surface area contributed by atoms with Gasteiger partial charge in [-0.25, -0.2) is 0 Å². The average Bonchev–Trinajstić information content (AvgIpc) is 2.31. The molecule has 96 valence electrons. The van der Waals surface area contributed by atoms with Crippen LogP contribution in [0.25, 0.3) is 0 Å². The van der Waals surface area contributed by atoms with Crippen LogP contribution in [0.1, 0.15) is 18.9 Å². The summed E-state index contributed by atoms with van der Waals surface area (Å²) in [5, 5.41) is 3.26. The van der Waals surface area contributed by atoms with Crippen LogP contribution in [0.15, 0.2) is 28.7 Å². The van der Waals surface area contributed by atoms with E-state index in [1.54, 1.807) is 0 Å². The second kappa shape index (κ2) is 7.85. The lowest BCUT2D eigenvalue weighted by Crippen LogP contribution is -2.30. The molecule has 1 atom stereocenters. The molecule has 17 heavy (non-hydrogen) atoms. The Morgan fingerprint density at radius 1 is 1.29 bits per heavy atom. The van der Waals surface area contributed by atoms with Gasteiger partial charge in [0.2, 0.25) is 0 Å². The van der Waals surface area contributed by atoms with E-state index in [1.165, 1.54) is 12.0 Å². The van der Waals surface area contributed by atoms with Crippen LogP contribution in [0.2, 0.25) is 0 Å². The number of halogens is 1. The van der Waals surface area contributed by atoms with E-state index >= 15 is 0 Å². The monoisotopic (exact) mass is 298 g/mol. The van der Waals surface area contributed by atoms with E-state index in [-0.39, 0.29) is 0 Å². The van der Waals surface area contributed by atoms with Crippen molar-refractivity contribution in [1.82, 2.24) is 10.2 Å². The number of nitrogens with zero attached hydrogens (tertiary/aromatic N) is 1. The summed E-state index contributed by atoms with van der Waals surface area (Å²) in [7, 11) is 4.22.